The number of fused-ring (bicyclic) bond motifs is 1. The summed E-state index contributed by atoms with van der Waals surface area (Å²) in [6.45, 7) is 8.57. The average Bonchev–Trinajstić information content (AvgIpc) is 3.26. The highest BCUT2D eigenvalue weighted by Gasteiger charge is 2.28. The Morgan fingerprint density at radius 1 is 1.21 bits per heavy atom. The van der Waals surface area contributed by atoms with E-state index in [0.717, 1.165) is 60.4 Å². The molecule has 3 heterocycles. The molecule has 1 aromatic carbocycles. The summed E-state index contributed by atoms with van der Waals surface area (Å²) < 4.78 is 2.25. The number of benzene rings is 1. The molecule has 0 spiro atoms. The van der Waals surface area contributed by atoms with Crippen LogP contribution in [0.15, 0.2) is 72.4 Å². The van der Waals surface area contributed by atoms with E-state index in [9.17, 15) is 0 Å². The molecule has 1 saturated carbocycles. The third-order valence-corrected chi connectivity index (χ3v) is 7.18. The summed E-state index contributed by atoms with van der Waals surface area (Å²) in [5.41, 5.74) is 6.89. The molecular formula is C29H33N5. The van der Waals surface area contributed by atoms with Gasteiger partial charge in [-0.3, -0.25) is 14.4 Å². The number of aliphatic imine (C=N–C) groups is 1. The molecule has 1 fully saturated rings. The summed E-state index contributed by atoms with van der Waals surface area (Å²) in [4.78, 5) is 13.9. The van der Waals surface area contributed by atoms with E-state index in [1.165, 1.54) is 11.1 Å². The van der Waals surface area contributed by atoms with Crippen molar-refractivity contribution >= 4 is 17.8 Å². The Hall–Kier alpha value is -3.47. The molecule has 1 N–H and O–H groups in total. The molecule has 5 heteroatoms. The molecule has 0 saturated heterocycles. The molecule has 0 amide bonds. The van der Waals surface area contributed by atoms with Crippen molar-refractivity contribution in [1.29, 1.82) is 0 Å². The minimum Gasteiger partial charge on any atom is -0.381 e. The lowest BCUT2D eigenvalue weighted by Gasteiger charge is -2.31. The first-order valence-electron chi connectivity index (χ1n) is 12.3. The minimum absolute atomic E-state index is 0.267. The second-order valence-electron chi connectivity index (χ2n) is 9.46. The van der Waals surface area contributed by atoms with Gasteiger partial charge in [0.1, 0.15) is 5.82 Å². The van der Waals surface area contributed by atoms with Gasteiger partial charge in [-0.2, -0.15) is 0 Å². The van der Waals surface area contributed by atoms with Crippen LogP contribution in [0.5, 0.6) is 0 Å². The fourth-order valence-corrected chi connectivity index (χ4v) is 5.24. The van der Waals surface area contributed by atoms with Gasteiger partial charge in [0.25, 0.3) is 0 Å². The van der Waals surface area contributed by atoms with Gasteiger partial charge < -0.3 is 5.32 Å². The SMILES string of the molecule is C=C(NC1C=NC=CC1)C1CCC(c2nc(-c3ccc(C)c(/C=C\C)c3)c3cnccn23)CC1. The third kappa shape index (κ3) is 4.47. The van der Waals surface area contributed by atoms with E-state index in [0.29, 0.717) is 11.8 Å². The fourth-order valence-electron chi connectivity index (χ4n) is 5.24. The quantitative estimate of drug-likeness (QED) is 0.467. The van der Waals surface area contributed by atoms with Crippen molar-refractivity contribution in [3.8, 4) is 11.3 Å². The van der Waals surface area contributed by atoms with Gasteiger partial charge in [0.15, 0.2) is 0 Å². The monoisotopic (exact) mass is 451 g/mol. The van der Waals surface area contributed by atoms with Gasteiger partial charge in [0.05, 0.1) is 23.4 Å². The Labute approximate surface area is 202 Å². The fraction of sp³-hybridized carbons (Fsp3) is 0.345. The number of rotatable bonds is 6. The van der Waals surface area contributed by atoms with Crippen molar-refractivity contribution in [2.45, 2.75) is 57.9 Å². The molecule has 0 bridgehead atoms. The molecule has 2 aliphatic rings. The summed E-state index contributed by atoms with van der Waals surface area (Å²) in [5.74, 6) is 2.10. The number of allylic oxidation sites excluding steroid dienone is 2. The molecule has 1 atom stereocenters. The molecule has 0 radical (unpaired) electrons. The van der Waals surface area contributed by atoms with Gasteiger partial charge in [-0.05, 0) is 69.1 Å². The zero-order chi connectivity index (χ0) is 23.5. The van der Waals surface area contributed by atoms with Crippen molar-refractivity contribution in [3.05, 3.63) is 84.4 Å². The van der Waals surface area contributed by atoms with Crippen LogP contribution in [0, 0.1) is 12.8 Å². The van der Waals surface area contributed by atoms with Crippen molar-refractivity contribution < 1.29 is 0 Å². The van der Waals surface area contributed by atoms with E-state index in [1.807, 2.05) is 24.8 Å². The van der Waals surface area contributed by atoms with Crippen molar-refractivity contribution in [2.24, 2.45) is 10.9 Å². The van der Waals surface area contributed by atoms with Crippen molar-refractivity contribution in [2.75, 3.05) is 0 Å². The number of imidazole rings is 1. The number of aromatic nitrogens is 3. The maximum absolute atomic E-state index is 5.21. The molecule has 174 valence electrons. The zero-order valence-electron chi connectivity index (χ0n) is 20.1. The van der Waals surface area contributed by atoms with Crippen LogP contribution in [-0.2, 0) is 0 Å². The zero-order valence-corrected chi connectivity index (χ0v) is 20.1. The van der Waals surface area contributed by atoms with E-state index in [1.54, 1.807) is 0 Å². The molecule has 2 aromatic heterocycles. The first kappa shape index (κ1) is 22.3. The van der Waals surface area contributed by atoms with Crippen molar-refractivity contribution in [1.82, 2.24) is 19.7 Å². The highest BCUT2D eigenvalue weighted by Crippen LogP contribution is 2.39. The number of nitrogens with one attached hydrogen (secondary N) is 1. The van der Waals surface area contributed by atoms with Gasteiger partial charge in [0.2, 0.25) is 0 Å². The Morgan fingerprint density at radius 2 is 2.06 bits per heavy atom. The normalized spacial score (nSPS) is 22.5. The van der Waals surface area contributed by atoms with Crippen LogP contribution in [-0.4, -0.2) is 26.6 Å². The van der Waals surface area contributed by atoms with Crippen LogP contribution in [0.2, 0.25) is 0 Å². The molecule has 5 rings (SSSR count). The maximum Gasteiger partial charge on any atom is 0.117 e. The smallest absolute Gasteiger partial charge is 0.117 e. The van der Waals surface area contributed by atoms with Gasteiger partial charge in [-0.25, -0.2) is 4.98 Å². The lowest BCUT2D eigenvalue weighted by atomic mass is 9.80. The largest absolute Gasteiger partial charge is 0.381 e. The summed E-state index contributed by atoms with van der Waals surface area (Å²) in [6, 6.07) is 6.87. The number of aryl methyl sites for hydroxylation is 1. The van der Waals surface area contributed by atoms with Gasteiger partial charge >= 0.3 is 0 Å². The summed E-state index contributed by atoms with van der Waals surface area (Å²) in [7, 11) is 0. The Morgan fingerprint density at radius 3 is 2.82 bits per heavy atom. The molecular weight excluding hydrogens is 418 g/mol. The summed E-state index contributed by atoms with van der Waals surface area (Å²) in [5, 5.41) is 3.59. The van der Waals surface area contributed by atoms with Crippen LogP contribution in [0.25, 0.3) is 22.9 Å². The molecule has 1 aliphatic heterocycles. The van der Waals surface area contributed by atoms with Crippen LogP contribution < -0.4 is 5.32 Å². The molecule has 3 aromatic rings. The van der Waals surface area contributed by atoms with Crippen LogP contribution in [0.4, 0.5) is 0 Å². The number of hydrogen-bond donors (Lipinski definition) is 1. The Bertz CT molecular complexity index is 1270. The first-order valence-corrected chi connectivity index (χ1v) is 12.3. The van der Waals surface area contributed by atoms with E-state index < -0.39 is 0 Å². The van der Waals surface area contributed by atoms with Crippen LogP contribution >= 0.6 is 0 Å². The minimum atomic E-state index is 0.267. The van der Waals surface area contributed by atoms with E-state index in [2.05, 4.69) is 82.7 Å². The Balaban J connectivity index is 1.36. The van der Waals surface area contributed by atoms with Crippen LogP contribution in [0.3, 0.4) is 0 Å². The predicted octanol–water partition coefficient (Wildman–Crippen LogP) is 6.47. The lowest BCUT2D eigenvalue weighted by molar-refractivity contribution is 0.340. The second-order valence-corrected chi connectivity index (χ2v) is 9.46. The van der Waals surface area contributed by atoms with E-state index >= 15 is 0 Å². The van der Waals surface area contributed by atoms with Gasteiger partial charge in [-0.15, -0.1) is 0 Å². The predicted molar refractivity (Wildman–Crippen MR) is 141 cm³/mol. The average molecular weight is 452 g/mol. The Kier molecular flexibility index (Phi) is 6.43. The topological polar surface area (TPSA) is 54.6 Å². The van der Waals surface area contributed by atoms with Gasteiger partial charge in [0, 0.05) is 42.0 Å². The highest BCUT2D eigenvalue weighted by molar-refractivity contribution is 5.79. The van der Waals surface area contributed by atoms with Crippen LogP contribution in [0.1, 0.15) is 61.9 Å². The lowest BCUT2D eigenvalue weighted by Crippen LogP contribution is -2.33. The second kappa shape index (κ2) is 9.80. The molecule has 1 aliphatic carbocycles. The molecule has 1 unspecified atom stereocenters. The maximum atomic E-state index is 5.21. The molecule has 5 nitrogen and oxygen atoms in total. The van der Waals surface area contributed by atoms with Crippen molar-refractivity contribution in [3.63, 3.8) is 0 Å². The van der Waals surface area contributed by atoms with E-state index in [-0.39, 0.29) is 6.04 Å². The number of nitrogens with zero attached hydrogens (tertiary/aromatic N) is 4. The van der Waals surface area contributed by atoms with E-state index in [4.69, 9.17) is 4.98 Å². The highest BCUT2D eigenvalue weighted by atomic mass is 15.0. The standard InChI is InChI=1S/C29H33N5/c1-4-6-24-17-25(9-8-20(24)2)28-27-19-31-15-16-34(27)29(33-28)23-12-10-22(11-13-23)21(3)32-26-7-5-14-30-18-26/h4-6,8-9,14-19,22-23,26,32H,3,7,10-13H2,1-2H3/b6-4-. The summed E-state index contributed by atoms with van der Waals surface area (Å²) >= 11 is 0. The number of hydrogen-bond acceptors (Lipinski definition) is 4. The third-order valence-electron chi connectivity index (χ3n) is 7.18. The summed E-state index contributed by atoms with van der Waals surface area (Å²) in [6.07, 6.45) is 21.5. The first-order chi connectivity index (χ1) is 16.6. The molecule has 34 heavy (non-hydrogen) atoms. The van der Waals surface area contributed by atoms with Gasteiger partial charge in [-0.1, -0.05) is 36.9 Å².